The number of rotatable bonds is 7. The predicted octanol–water partition coefficient (Wildman–Crippen LogP) is 1.48. The van der Waals surface area contributed by atoms with E-state index in [9.17, 15) is 14.4 Å². The number of aromatic nitrogens is 1. The van der Waals surface area contributed by atoms with Gasteiger partial charge < -0.3 is 15.2 Å². The number of nitrogens with zero attached hydrogens (tertiary/aromatic N) is 1. The standard InChI is InChI=1S/C13H19N3O5S/c1-7(2)4-9(11(18)19)15-10(17)5-8-6-22-12(14-8)16-13(20)21-3/h6-7,9H,4-5H2,1-3H3,(H,15,17)(H,18,19)(H,14,16,20). The van der Waals surface area contributed by atoms with Gasteiger partial charge in [-0.1, -0.05) is 13.8 Å². The zero-order valence-corrected chi connectivity index (χ0v) is 13.4. The van der Waals surface area contributed by atoms with Crippen LogP contribution in [0.2, 0.25) is 0 Å². The van der Waals surface area contributed by atoms with E-state index in [2.05, 4.69) is 20.4 Å². The van der Waals surface area contributed by atoms with E-state index in [4.69, 9.17) is 5.11 Å². The van der Waals surface area contributed by atoms with E-state index in [1.54, 1.807) is 5.38 Å². The fourth-order valence-electron chi connectivity index (χ4n) is 1.69. The Hall–Kier alpha value is -2.16. The monoisotopic (exact) mass is 329 g/mol. The molecule has 3 N–H and O–H groups in total. The van der Waals surface area contributed by atoms with E-state index >= 15 is 0 Å². The molecule has 1 aromatic rings. The Morgan fingerprint density at radius 2 is 2.09 bits per heavy atom. The van der Waals surface area contributed by atoms with Crippen LogP contribution >= 0.6 is 11.3 Å². The summed E-state index contributed by atoms with van der Waals surface area (Å²) in [4.78, 5) is 38.0. The second kappa shape index (κ2) is 8.32. The second-order valence-electron chi connectivity index (χ2n) is 5.03. The first-order valence-electron chi connectivity index (χ1n) is 6.63. The highest BCUT2D eigenvalue weighted by molar-refractivity contribution is 7.13. The van der Waals surface area contributed by atoms with Gasteiger partial charge in [-0.2, -0.15) is 0 Å². The van der Waals surface area contributed by atoms with Crippen LogP contribution in [-0.4, -0.2) is 41.2 Å². The van der Waals surface area contributed by atoms with Crippen molar-refractivity contribution >= 4 is 34.4 Å². The van der Waals surface area contributed by atoms with Crippen LogP contribution in [0.1, 0.15) is 26.0 Å². The van der Waals surface area contributed by atoms with Crippen LogP contribution in [0.5, 0.6) is 0 Å². The maximum atomic E-state index is 11.9. The maximum Gasteiger partial charge on any atom is 0.413 e. The number of methoxy groups -OCH3 is 1. The van der Waals surface area contributed by atoms with Crippen molar-refractivity contribution in [3.63, 3.8) is 0 Å². The Balaban J connectivity index is 2.57. The largest absolute Gasteiger partial charge is 0.480 e. The average molecular weight is 329 g/mol. The normalized spacial score (nSPS) is 11.8. The minimum Gasteiger partial charge on any atom is -0.480 e. The topological polar surface area (TPSA) is 118 Å². The first-order chi connectivity index (χ1) is 10.3. The predicted molar refractivity (Wildman–Crippen MR) is 80.9 cm³/mol. The van der Waals surface area contributed by atoms with Gasteiger partial charge >= 0.3 is 12.1 Å². The lowest BCUT2D eigenvalue weighted by Crippen LogP contribution is -2.42. The summed E-state index contributed by atoms with van der Waals surface area (Å²) in [5, 5.41) is 15.9. The number of hydrogen-bond acceptors (Lipinski definition) is 6. The van der Waals surface area contributed by atoms with Crippen LogP contribution in [-0.2, 0) is 20.7 Å². The summed E-state index contributed by atoms with van der Waals surface area (Å²) in [5.41, 5.74) is 0.447. The summed E-state index contributed by atoms with van der Waals surface area (Å²) < 4.78 is 4.43. The fraction of sp³-hybridized carbons (Fsp3) is 0.538. The Bertz CT molecular complexity index is 544. The molecule has 0 bridgehead atoms. The lowest BCUT2D eigenvalue weighted by molar-refractivity contribution is -0.142. The molecule has 0 saturated carbocycles. The third kappa shape index (κ3) is 6.08. The number of carboxylic acids is 1. The molecular weight excluding hydrogens is 310 g/mol. The Morgan fingerprint density at radius 3 is 2.64 bits per heavy atom. The second-order valence-corrected chi connectivity index (χ2v) is 5.88. The van der Waals surface area contributed by atoms with Gasteiger partial charge in [0, 0.05) is 5.38 Å². The van der Waals surface area contributed by atoms with E-state index in [0.29, 0.717) is 17.2 Å². The van der Waals surface area contributed by atoms with Gasteiger partial charge in [0.2, 0.25) is 5.91 Å². The molecule has 0 aliphatic carbocycles. The summed E-state index contributed by atoms with van der Waals surface area (Å²) in [6.45, 7) is 3.76. The van der Waals surface area contributed by atoms with Crippen LogP contribution in [0.25, 0.3) is 0 Å². The van der Waals surface area contributed by atoms with Crippen molar-refractivity contribution in [2.75, 3.05) is 12.4 Å². The molecule has 1 unspecified atom stereocenters. The van der Waals surface area contributed by atoms with Crippen molar-refractivity contribution < 1.29 is 24.2 Å². The average Bonchev–Trinajstić information content (AvgIpc) is 2.84. The summed E-state index contributed by atoms with van der Waals surface area (Å²) in [6.07, 6.45) is -0.345. The molecule has 2 amide bonds. The van der Waals surface area contributed by atoms with Gasteiger partial charge in [-0.3, -0.25) is 10.1 Å². The highest BCUT2D eigenvalue weighted by atomic mass is 32.1. The van der Waals surface area contributed by atoms with Crippen molar-refractivity contribution in [2.45, 2.75) is 32.7 Å². The third-order valence-corrected chi connectivity index (χ3v) is 3.43. The fourth-order valence-corrected chi connectivity index (χ4v) is 2.38. The highest BCUT2D eigenvalue weighted by Gasteiger charge is 2.21. The minimum absolute atomic E-state index is 0.0543. The molecule has 1 aromatic heterocycles. The molecule has 0 saturated heterocycles. The number of amides is 2. The van der Waals surface area contributed by atoms with Gasteiger partial charge in [0.05, 0.1) is 19.2 Å². The van der Waals surface area contributed by atoms with Gasteiger partial charge in [-0.25, -0.2) is 14.6 Å². The Kier molecular flexibility index (Phi) is 6.77. The first-order valence-corrected chi connectivity index (χ1v) is 7.51. The van der Waals surface area contributed by atoms with Crippen LogP contribution in [0.3, 0.4) is 0 Å². The van der Waals surface area contributed by atoms with Gasteiger partial charge in [0.25, 0.3) is 0 Å². The van der Waals surface area contributed by atoms with E-state index < -0.39 is 24.0 Å². The molecule has 8 nitrogen and oxygen atoms in total. The van der Waals surface area contributed by atoms with Crippen molar-refractivity contribution in [1.29, 1.82) is 0 Å². The number of hydrogen-bond donors (Lipinski definition) is 3. The van der Waals surface area contributed by atoms with Gasteiger partial charge in [-0.15, -0.1) is 11.3 Å². The zero-order valence-electron chi connectivity index (χ0n) is 12.6. The zero-order chi connectivity index (χ0) is 16.7. The summed E-state index contributed by atoms with van der Waals surface area (Å²) in [6, 6.07) is -0.918. The highest BCUT2D eigenvalue weighted by Crippen LogP contribution is 2.16. The van der Waals surface area contributed by atoms with Gasteiger partial charge in [0.1, 0.15) is 6.04 Å². The lowest BCUT2D eigenvalue weighted by atomic mass is 10.0. The molecule has 1 heterocycles. The minimum atomic E-state index is -1.06. The molecular formula is C13H19N3O5S. The van der Waals surface area contributed by atoms with Gasteiger partial charge in [0.15, 0.2) is 5.13 Å². The SMILES string of the molecule is COC(=O)Nc1nc(CC(=O)NC(CC(C)C)C(=O)O)cs1. The summed E-state index contributed by atoms with van der Waals surface area (Å²) in [5.74, 6) is -1.34. The molecule has 0 radical (unpaired) electrons. The maximum absolute atomic E-state index is 11.9. The Morgan fingerprint density at radius 1 is 1.41 bits per heavy atom. The molecule has 0 spiro atoms. The number of aliphatic carboxylic acids is 1. The Labute approximate surface area is 131 Å². The molecule has 0 aromatic carbocycles. The molecule has 1 atom stereocenters. The summed E-state index contributed by atoms with van der Waals surface area (Å²) >= 11 is 1.15. The van der Waals surface area contributed by atoms with Crippen LogP contribution in [0.4, 0.5) is 9.93 Å². The van der Waals surface area contributed by atoms with Crippen molar-refractivity contribution in [3.8, 4) is 0 Å². The number of ether oxygens (including phenoxy) is 1. The molecule has 9 heteroatoms. The van der Waals surface area contributed by atoms with E-state index in [-0.39, 0.29) is 12.3 Å². The smallest absolute Gasteiger partial charge is 0.413 e. The molecule has 1 rings (SSSR count). The number of carbonyl (C=O) groups is 3. The number of carboxylic acid groups (broad SMARTS) is 1. The molecule has 0 fully saturated rings. The number of carbonyl (C=O) groups excluding carboxylic acids is 2. The first kappa shape index (κ1) is 17.9. The van der Waals surface area contributed by atoms with E-state index in [0.717, 1.165) is 11.3 Å². The van der Waals surface area contributed by atoms with Crippen LogP contribution in [0.15, 0.2) is 5.38 Å². The van der Waals surface area contributed by atoms with Crippen LogP contribution in [0, 0.1) is 5.92 Å². The van der Waals surface area contributed by atoms with Crippen LogP contribution < -0.4 is 10.6 Å². The summed E-state index contributed by atoms with van der Waals surface area (Å²) in [7, 11) is 1.23. The number of nitrogens with one attached hydrogen (secondary N) is 2. The van der Waals surface area contributed by atoms with Crippen molar-refractivity contribution in [3.05, 3.63) is 11.1 Å². The van der Waals surface area contributed by atoms with Crippen molar-refractivity contribution in [2.24, 2.45) is 5.92 Å². The molecule has 0 aliphatic rings. The van der Waals surface area contributed by atoms with E-state index in [1.165, 1.54) is 7.11 Å². The lowest BCUT2D eigenvalue weighted by Gasteiger charge is -2.16. The molecule has 0 aliphatic heterocycles. The third-order valence-electron chi connectivity index (χ3n) is 2.63. The molecule has 122 valence electrons. The number of thiazole rings is 1. The van der Waals surface area contributed by atoms with E-state index in [1.807, 2.05) is 13.8 Å². The van der Waals surface area contributed by atoms with Crippen molar-refractivity contribution in [1.82, 2.24) is 10.3 Å². The molecule has 22 heavy (non-hydrogen) atoms. The number of anilines is 1. The quantitative estimate of drug-likeness (QED) is 0.697. The van der Waals surface area contributed by atoms with Gasteiger partial charge in [-0.05, 0) is 12.3 Å².